The molecule has 1 saturated heterocycles. The average molecular weight is 384 g/mol. The monoisotopic (exact) mass is 384 g/mol. The van der Waals surface area contributed by atoms with Crippen molar-refractivity contribution < 1.29 is 19.0 Å². The molecule has 0 unspecified atom stereocenters. The zero-order chi connectivity index (χ0) is 20.1. The number of phenols is 1. The number of ether oxygens (including phenoxy) is 1. The maximum atomic E-state index is 14.6. The first kappa shape index (κ1) is 19.9. The van der Waals surface area contributed by atoms with Gasteiger partial charge >= 0.3 is 0 Å². The Kier molecular flexibility index (Phi) is 6.31. The van der Waals surface area contributed by atoms with Crippen LogP contribution in [0, 0.1) is 5.82 Å². The second-order valence-electron chi connectivity index (χ2n) is 6.72. The summed E-state index contributed by atoms with van der Waals surface area (Å²) in [4.78, 5) is 16.7. The van der Waals surface area contributed by atoms with E-state index in [-0.39, 0.29) is 17.3 Å². The van der Waals surface area contributed by atoms with Crippen molar-refractivity contribution in [1.29, 1.82) is 0 Å². The highest BCUT2D eigenvalue weighted by Crippen LogP contribution is 2.27. The number of benzene rings is 2. The molecule has 1 heterocycles. The molecular weight excluding hydrogens is 359 g/mol. The second kappa shape index (κ2) is 8.89. The number of piperazine rings is 1. The van der Waals surface area contributed by atoms with Crippen molar-refractivity contribution >= 4 is 17.5 Å². The molecule has 2 aromatic rings. The SMILES string of the molecule is CCN1CCN(c2ccc(C(=O)C=Cc3ccc(OC)c(O)c3)cc2F)CC1. The number of hydrogen-bond acceptors (Lipinski definition) is 5. The molecule has 0 bridgehead atoms. The first-order valence-corrected chi connectivity index (χ1v) is 9.38. The van der Waals surface area contributed by atoms with E-state index in [1.165, 1.54) is 25.3 Å². The van der Waals surface area contributed by atoms with E-state index in [0.29, 0.717) is 22.6 Å². The fourth-order valence-corrected chi connectivity index (χ4v) is 3.30. The lowest BCUT2D eigenvalue weighted by Gasteiger charge is -2.35. The molecule has 0 aliphatic carbocycles. The fourth-order valence-electron chi connectivity index (χ4n) is 3.30. The van der Waals surface area contributed by atoms with Gasteiger partial charge < -0.3 is 19.6 Å². The van der Waals surface area contributed by atoms with E-state index in [1.54, 1.807) is 30.3 Å². The zero-order valence-electron chi connectivity index (χ0n) is 16.2. The van der Waals surface area contributed by atoms with E-state index < -0.39 is 0 Å². The number of likely N-dealkylation sites (N-methyl/N-ethyl adjacent to an activating group) is 1. The van der Waals surface area contributed by atoms with Crippen molar-refractivity contribution in [3.8, 4) is 11.5 Å². The molecule has 0 amide bonds. The summed E-state index contributed by atoms with van der Waals surface area (Å²) in [5, 5.41) is 9.80. The number of rotatable bonds is 6. The molecule has 148 valence electrons. The van der Waals surface area contributed by atoms with E-state index in [9.17, 15) is 14.3 Å². The fraction of sp³-hybridized carbons (Fsp3) is 0.318. The third kappa shape index (κ3) is 4.51. The van der Waals surface area contributed by atoms with Crippen LogP contribution in [0.5, 0.6) is 11.5 Å². The van der Waals surface area contributed by atoms with Gasteiger partial charge in [0.15, 0.2) is 17.3 Å². The number of methoxy groups -OCH3 is 1. The number of allylic oxidation sites excluding steroid dienone is 1. The van der Waals surface area contributed by atoms with Crippen molar-refractivity contribution in [2.24, 2.45) is 0 Å². The molecule has 0 radical (unpaired) electrons. The molecular formula is C22H25FN2O3. The van der Waals surface area contributed by atoms with Crippen LogP contribution in [-0.4, -0.2) is 55.6 Å². The summed E-state index contributed by atoms with van der Waals surface area (Å²) in [6, 6.07) is 9.47. The van der Waals surface area contributed by atoms with Crippen molar-refractivity contribution in [3.63, 3.8) is 0 Å². The van der Waals surface area contributed by atoms with Crippen LogP contribution < -0.4 is 9.64 Å². The van der Waals surface area contributed by atoms with Gasteiger partial charge in [0.05, 0.1) is 12.8 Å². The zero-order valence-corrected chi connectivity index (χ0v) is 16.2. The molecule has 0 spiro atoms. The lowest BCUT2D eigenvalue weighted by Crippen LogP contribution is -2.46. The number of nitrogens with zero attached hydrogens (tertiary/aromatic N) is 2. The number of aromatic hydroxyl groups is 1. The smallest absolute Gasteiger partial charge is 0.185 e. The largest absolute Gasteiger partial charge is 0.504 e. The molecule has 1 aliphatic heterocycles. The van der Waals surface area contributed by atoms with Gasteiger partial charge in [0.2, 0.25) is 0 Å². The van der Waals surface area contributed by atoms with E-state index in [1.807, 2.05) is 4.90 Å². The Hall–Kier alpha value is -2.86. The highest BCUT2D eigenvalue weighted by molar-refractivity contribution is 6.07. The van der Waals surface area contributed by atoms with Crippen LogP contribution in [0.4, 0.5) is 10.1 Å². The minimum atomic E-state index is -0.383. The standard InChI is InChI=1S/C22H25FN2O3/c1-3-24-10-12-25(13-11-24)19-7-6-17(15-18(19)23)20(26)8-4-16-5-9-22(28-2)21(27)14-16/h4-9,14-15,27H,3,10-13H2,1-2H3. The number of halogens is 1. The molecule has 0 saturated carbocycles. The van der Waals surface area contributed by atoms with E-state index in [4.69, 9.17) is 4.74 Å². The Morgan fingerprint density at radius 3 is 2.54 bits per heavy atom. The average Bonchev–Trinajstić information content (AvgIpc) is 2.72. The Bertz CT molecular complexity index is 874. The minimum Gasteiger partial charge on any atom is -0.504 e. The highest BCUT2D eigenvalue weighted by atomic mass is 19.1. The Morgan fingerprint density at radius 2 is 1.93 bits per heavy atom. The first-order valence-electron chi connectivity index (χ1n) is 9.38. The molecule has 1 fully saturated rings. The van der Waals surface area contributed by atoms with Gasteiger partial charge in [-0.15, -0.1) is 0 Å². The number of anilines is 1. The van der Waals surface area contributed by atoms with E-state index in [2.05, 4.69) is 11.8 Å². The summed E-state index contributed by atoms with van der Waals surface area (Å²) in [5.74, 6) is -0.320. The van der Waals surface area contributed by atoms with Gasteiger partial charge in [-0.2, -0.15) is 0 Å². The summed E-state index contributed by atoms with van der Waals surface area (Å²) < 4.78 is 19.6. The van der Waals surface area contributed by atoms with Crippen LogP contribution in [0.25, 0.3) is 6.08 Å². The predicted molar refractivity (Wildman–Crippen MR) is 109 cm³/mol. The molecule has 1 aliphatic rings. The topological polar surface area (TPSA) is 53.0 Å². The van der Waals surface area contributed by atoms with Crippen LogP contribution in [0.1, 0.15) is 22.8 Å². The van der Waals surface area contributed by atoms with Crippen molar-refractivity contribution in [2.75, 3.05) is 44.7 Å². The predicted octanol–water partition coefficient (Wildman–Crippen LogP) is 3.58. The van der Waals surface area contributed by atoms with Gasteiger partial charge in [0.1, 0.15) is 5.82 Å². The van der Waals surface area contributed by atoms with Crippen LogP contribution in [0.3, 0.4) is 0 Å². The van der Waals surface area contributed by atoms with Crippen LogP contribution in [-0.2, 0) is 0 Å². The third-order valence-corrected chi connectivity index (χ3v) is 5.02. The van der Waals surface area contributed by atoms with Crippen molar-refractivity contribution in [3.05, 3.63) is 59.4 Å². The summed E-state index contributed by atoms with van der Waals surface area (Å²) in [6.45, 7) is 6.50. The summed E-state index contributed by atoms with van der Waals surface area (Å²) in [5.41, 5.74) is 1.48. The van der Waals surface area contributed by atoms with Gasteiger partial charge in [0, 0.05) is 31.7 Å². The Balaban J connectivity index is 1.69. The first-order chi connectivity index (χ1) is 13.5. The lowest BCUT2D eigenvalue weighted by molar-refractivity contribution is 0.104. The van der Waals surface area contributed by atoms with Gasteiger partial charge in [0.25, 0.3) is 0 Å². The van der Waals surface area contributed by atoms with Crippen LogP contribution in [0.15, 0.2) is 42.5 Å². The highest BCUT2D eigenvalue weighted by Gasteiger charge is 2.19. The number of carbonyl (C=O) groups excluding carboxylic acids is 1. The van der Waals surface area contributed by atoms with Gasteiger partial charge in [-0.1, -0.05) is 19.1 Å². The van der Waals surface area contributed by atoms with E-state index >= 15 is 0 Å². The van der Waals surface area contributed by atoms with Crippen LogP contribution >= 0.6 is 0 Å². The number of carbonyl (C=O) groups is 1. The molecule has 0 atom stereocenters. The number of ketones is 1. The molecule has 28 heavy (non-hydrogen) atoms. The molecule has 1 N–H and O–H groups in total. The molecule has 5 nitrogen and oxygen atoms in total. The maximum Gasteiger partial charge on any atom is 0.185 e. The lowest BCUT2D eigenvalue weighted by atomic mass is 10.1. The number of phenolic OH excluding ortho intramolecular Hbond substituents is 1. The molecule has 6 heteroatoms. The Labute approximate surface area is 164 Å². The minimum absolute atomic E-state index is 0.00401. The molecule has 0 aromatic heterocycles. The van der Waals surface area contributed by atoms with Gasteiger partial charge in [-0.05, 0) is 48.5 Å². The molecule has 3 rings (SSSR count). The second-order valence-corrected chi connectivity index (χ2v) is 6.72. The molecule has 2 aromatic carbocycles. The number of hydrogen-bond donors (Lipinski definition) is 1. The van der Waals surface area contributed by atoms with Gasteiger partial charge in [-0.3, -0.25) is 4.79 Å². The van der Waals surface area contributed by atoms with E-state index in [0.717, 1.165) is 32.7 Å². The quantitative estimate of drug-likeness (QED) is 0.609. The Morgan fingerprint density at radius 1 is 1.18 bits per heavy atom. The van der Waals surface area contributed by atoms with Crippen LogP contribution in [0.2, 0.25) is 0 Å². The summed E-state index contributed by atoms with van der Waals surface area (Å²) >= 11 is 0. The summed E-state index contributed by atoms with van der Waals surface area (Å²) in [6.07, 6.45) is 2.95. The van der Waals surface area contributed by atoms with Crippen molar-refractivity contribution in [2.45, 2.75) is 6.92 Å². The summed E-state index contributed by atoms with van der Waals surface area (Å²) in [7, 11) is 1.47. The van der Waals surface area contributed by atoms with Gasteiger partial charge in [-0.25, -0.2) is 4.39 Å². The normalized spacial score (nSPS) is 15.2. The van der Waals surface area contributed by atoms with Crippen molar-refractivity contribution in [1.82, 2.24) is 4.90 Å². The third-order valence-electron chi connectivity index (χ3n) is 5.02. The maximum absolute atomic E-state index is 14.6.